The summed E-state index contributed by atoms with van der Waals surface area (Å²) in [6.07, 6.45) is 4.63. The third kappa shape index (κ3) is 3.81. The molecule has 26 heavy (non-hydrogen) atoms. The summed E-state index contributed by atoms with van der Waals surface area (Å²) >= 11 is 0. The van der Waals surface area contributed by atoms with Gasteiger partial charge in [0.1, 0.15) is 6.61 Å². The summed E-state index contributed by atoms with van der Waals surface area (Å²) in [5.41, 5.74) is 3.35. The summed E-state index contributed by atoms with van der Waals surface area (Å²) in [6.45, 7) is 2.61. The Balaban J connectivity index is 1.58. The van der Waals surface area contributed by atoms with Gasteiger partial charge in [0.05, 0.1) is 12.1 Å². The van der Waals surface area contributed by atoms with Crippen LogP contribution in [-0.2, 0) is 13.2 Å². The molecule has 0 spiro atoms. The molecule has 1 atom stereocenters. The summed E-state index contributed by atoms with van der Waals surface area (Å²) in [7, 11) is 2.20. The second-order valence-electron chi connectivity index (χ2n) is 6.99. The van der Waals surface area contributed by atoms with Gasteiger partial charge in [0.15, 0.2) is 0 Å². The first-order valence-corrected chi connectivity index (χ1v) is 9.29. The smallest absolute Gasteiger partial charge is 0.241 e. The molecule has 2 heterocycles. The van der Waals surface area contributed by atoms with Crippen LogP contribution in [0.4, 0.5) is 0 Å². The lowest BCUT2D eigenvalue weighted by Gasteiger charge is -2.18. The maximum Gasteiger partial charge on any atom is 0.241 e. The van der Waals surface area contributed by atoms with Crippen molar-refractivity contribution in [1.82, 2.24) is 14.7 Å². The maximum atomic E-state index is 6.10. The quantitative estimate of drug-likeness (QED) is 0.669. The highest BCUT2D eigenvalue weighted by molar-refractivity contribution is 5.67. The largest absolute Gasteiger partial charge is 0.471 e. The van der Waals surface area contributed by atoms with Gasteiger partial charge in [0.2, 0.25) is 5.88 Å². The molecule has 3 aromatic rings. The Kier molecular flexibility index (Phi) is 5.02. The molecular formula is C22H25N3O. The zero-order chi connectivity index (χ0) is 17.8. The minimum atomic E-state index is 0.529. The van der Waals surface area contributed by atoms with Gasteiger partial charge < -0.3 is 9.64 Å². The van der Waals surface area contributed by atoms with Crippen molar-refractivity contribution in [1.29, 1.82) is 0 Å². The van der Waals surface area contributed by atoms with Crippen molar-refractivity contribution < 1.29 is 4.74 Å². The van der Waals surface area contributed by atoms with Gasteiger partial charge >= 0.3 is 0 Å². The van der Waals surface area contributed by atoms with E-state index in [4.69, 9.17) is 9.84 Å². The highest BCUT2D eigenvalue weighted by atomic mass is 16.5. The third-order valence-corrected chi connectivity index (χ3v) is 5.10. The topological polar surface area (TPSA) is 30.3 Å². The molecule has 1 aliphatic rings. The van der Waals surface area contributed by atoms with E-state index in [1.807, 2.05) is 24.3 Å². The molecule has 0 amide bonds. The summed E-state index contributed by atoms with van der Waals surface area (Å²) in [5, 5.41) is 4.77. The van der Waals surface area contributed by atoms with E-state index in [-0.39, 0.29) is 0 Å². The fourth-order valence-corrected chi connectivity index (χ4v) is 3.57. The highest BCUT2D eigenvalue weighted by Gasteiger charge is 2.22. The minimum absolute atomic E-state index is 0.529. The average molecular weight is 347 g/mol. The number of likely N-dealkylation sites (tertiary alicyclic amines) is 1. The number of ether oxygens (including phenoxy) is 1. The van der Waals surface area contributed by atoms with Crippen LogP contribution in [0.2, 0.25) is 0 Å². The summed E-state index contributed by atoms with van der Waals surface area (Å²) in [4.78, 5) is 2.42. The fraction of sp³-hybridized carbons (Fsp3) is 0.318. The van der Waals surface area contributed by atoms with E-state index in [0.29, 0.717) is 18.5 Å². The van der Waals surface area contributed by atoms with E-state index in [1.54, 1.807) is 0 Å². The Bertz CT molecular complexity index is 829. The number of aromatic nitrogens is 2. The molecule has 0 aliphatic carbocycles. The maximum absolute atomic E-state index is 6.10. The minimum Gasteiger partial charge on any atom is -0.471 e. The summed E-state index contributed by atoms with van der Waals surface area (Å²) in [5.74, 6) is 0.709. The zero-order valence-corrected chi connectivity index (χ0v) is 15.2. The molecule has 0 radical (unpaired) electrons. The van der Waals surface area contributed by atoms with Gasteiger partial charge in [-0.3, -0.25) is 4.68 Å². The molecule has 4 rings (SSSR count). The fourth-order valence-electron chi connectivity index (χ4n) is 3.57. The van der Waals surface area contributed by atoms with Crippen LogP contribution in [0.25, 0.3) is 11.1 Å². The molecule has 0 unspecified atom stereocenters. The van der Waals surface area contributed by atoms with Crippen molar-refractivity contribution >= 4 is 0 Å². The molecular weight excluding hydrogens is 322 g/mol. The van der Waals surface area contributed by atoms with Crippen LogP contribution in [0, 0.1) is 0 Å². The molecule has 1 saturated heterocycles. The molecule has 4 nitrogen and oxygen atoms in total. The highest BCUT2D eigenvalue weighted by Crippen LogP contribution is 2.30. The van der Waals surface area contributed by atoms with Gasteiger partial charge in [-0.2, -0.15) is 0 Å². The molecule has 0 saturated carbocycles. The van der Waals surface area contributed by atoms with Gasteiger partial charge in [0, 0.05) is 12.2 Å². The van der Waals surface area contributed by atoms with Crippen LogP contribution < -0.4 is 4.74 Å². The lowest BCUT2D eigenvalue weighted by Crippen LogP contribution is -2.29. The number of nitrogens with zero attached hydrogens (tertiary/aromatic N) is 3. The van der Waals surface area contributed by atoms with E-state index in [9.17, 15) is 0 Å². The Morgan fingerprint density at radius 3 is 2.46 bits per heavy atom. The standard InChI is InChI=1S/C22H25N3O/c1-24-14-8-13-20(24)15-25-16-21(19-11-6-3-7-12-19)22(23-25)26-17-18-9-4-2-5-10-18/h2-7,9-12,16,20H,8,13-15,17H2,1H3/t20-/m1/s1. The van der Waals surface area contributed by atoms with Gasteiger partial charge in [0.25, 0.3) is 0 Å². The normalized spacial score (nSPS) is 17.5. The molecule has 0 N–H and O–H groups in total. The molecule has 1 fully saturated rings. The van der Waals surface area contributed by atoms with Crippen molar-refractivity contribution in [3.8, 4) is 17.0 Å². The second kappa shape index (κ2) is 7.75. The van der Waals surface area contributed by atoms with Gasteiger partial charge in [-0.1, -0.05) is 60.7 Å². The van der Waals surface area contributed by atoms with E-state index in [0.717, 1.165) is 23.2 Å². The molecule has 1 aromatic heterocycles. The van der Waals surface area contributed by atoms with Crippen molar-refractivity contribution in [2.45, 2.75) is 32.0 Å². The Labute approximate surface area is 155 Å². The van der Waals surface area contributed by atoms with Crippen molar-refractivity contribution in [2.24, 2.45) is 0 Å². The van der Waals surface area contributed by atoms with E-state index in [2.05, 4.69) is 59.2 Å². The molecule has 4 heteroatoms. The lowest BCUT2D eigenvalue weighted by molar-refractivity contribution is 0.263. The monoisotopic (exact) mass is 347 g/mol. The summed E-state index contributed by atoms with van der Waals surface area (Å²) in [6, 6.07) is 21.2. The predicted octanol–water partition coefficient (Wildman–Crippen LogP) is 4.22. The number of likely N-dealkylation sites (N-methyl/N-ethyl adjacent to an activating group) is 1. The zero-order valence-electron chi connectivity index (χ0n) is 15.2. The second-order valence-corrected chi connectivity index (χ2v) is 6.99. The molecule has 1 aliphatic heterocycles. The number of hydrogen-bond acceptors (Lipinski definition) is 3. The van der Waals surface area contributed by atoms with Crippen molar-refractivity contribution in [3.05, 3.63) is 72.4 Å². The van der Waals surface area contributed by atoms with E-state index >= 15 is 0 Å². The Morgan fingerprint density at radius 2 is 1.77 bits per heavy atom. The van der Waals surface area contributed by atoms with Gasteiger partial charge in [-0.25, -0.2) is 0 Å². The average Bonchev–Trinajstić information content (AvgIpc) is 3.28. The Morgan fingerprint density at radius 1 is 1.04 bits per heavy atom. The first kappa shape index (κ1) is 16.9. The molecule has 2 aromatic carbocycles. The van der Waals surface area contributed by atoms with Crippen molar-refractivity contribution in [3.63, 3.8) is 0 Å². The van der Waals surface area contributed by atoms with Gasteiger partial charge in [-0.15, -0.1) is 5.10 Å². The van der Waals surface area contributed by atoms with Gasteiger partial charge in [-0.05, 0) is 37.6 Å². The Hall–Kier alpha value is -2.59. The SMILES string of the molecule is CN1CCC[C@@H]1Cn1cc(-c2ccccc2)c(OCc2ccccc2)n1. The predicted molar refractivity (Wildman–Crippen MR) is 104 cm³/mol. The molecule has 134 valence electrons. The summed E-state index contributed by atoms with van der Waals surface area (Å²) < 4.78 is 8.15. The van der Waals surface area contributed by atoms with E-state index < -0.39 is 0 Å². The van der Waals surface area contributed by atoms with Crippen LogP contribution in [0.1, 0.15) is 18.4 Å². The first-order chi connectivity index (χ1) is 12.8. The number of rotatable bonds is 6. The number of hydrogen-bond donors (Lipinski definition) is 0. The van der Waals surface area contributed by atoms with Crippen LogP contribution in [-0.4, -0.2) is 34.3 Å². The van der Waals surface area contributed by atoms with Crippen LogP contribution in [0.5, 0.6) is 5.88 Å². The van der Waals surface area contributed by atoms with E-state index in [1.165, 1.54) is 19.4 Å². The molecule has 0 bridgehead atoms. The van der Waals surface area contributed by atoms with Crippen LogP contribution in [0.15, 0.2) is 66.9 Å². The van der Waals surface area contributed by atoms with Crippen molar-refractivity contribution in [2.75, 3.05) is 13.6 Å². The lowest BCUT2D eigenvalue weighted by atomic mass is 10.1. The number of benzene rings is 2. The third-order valence-electron chi connectivity index (χ3n) is 5.10. The van der Waals surface area contributed by atoms with Crippen LogP contribution >= 0.6 is 0 Å². The first-order valence-electron chi connectivity index (χ1n) is 9.29. The van der Waals surface area contributed by atoms with Crippen LogP contribution in [0.3, 0.4) is 0 Å².